The molecule has 30 heavy (non-hydrogen) atoms. The summed E-state index contributed by atoms with van der Waals surface area (Å²) in [6, 6.07) is 10.5. The molecule has 1 heterocycles. The van der Waals surface area contributed by atoms with Crippen molar-refractivity contribution in [3.05, 3.63) is 53.8 Å². The first-order valence-electron chi connectivity index (χ1n) is 9.62. The molecule has 7 nitrogen and oxygen atoms in total. The molecule has 2 aromatic carbocycles. The highest BCUT2D eigenvalue weighted by Crippen LogP contribution is 2.27. The van der Waals surface area contributed by atoms with E-state index >= 15 is 0 Å². The minimum atomic E-state index is -3.94. The van der Waals surface area contributed by atoms with Crippen LogP contribution in [-0.4, -0.2) is 37.6 Å². The molecule has 2 amide bonds. The number of rotatable bonds is 5. The monoisotopic (exact) mass is 433 g/mol. The summed E-state index contributed by atoms with van der Waals surface area (Å²) in [6.45, 7) is 3.53. The summed E-state index contributed by atoms with van der Waals surface area (Å²) in [4.78, 5) is 23.6. The molecule has 1 saturated heterocycles. The molecule has 9 heteroatoms. The molecule has 1 aliphatic rings. The Morgan fingerprint density at radius 3 is 2.37 bits per heavy atom. The lowest BCUT2D eigenvalue weighted by Crippen LogP contribution is -2.41. The molecule has 0 spiro atoms. The van der Waals surface area contributed by atoms with Gasteiger partial charge in [-0.25, -0.2) is 12.8 Å². The minimum Gasteiger partial charge on any atom is -0.326 e. The number of carbonyl (C=O) groups is 2. The van der Waals surface area contributed by atoms with E-state index in [0.29, 0.717) is 24.2 Å². The van der Waals surface area contributed by atoms with Gasteiger partial charge in [-0.15, -0.1) is 0 Å². The third-order valence-corrected chi connectivity index (χ3v) is 7.03. The third kappa shape index (κ3) is 4.85. The predicted octanol–water partition coefficient (Wildman–Crippen LogP) is 3.13. The molecule has 0 saturated carbocycles. The summed E-state index contributed by atoms with van der Waals surface area (Å²) in [6.07, 6.45) is 0.675. The summed E-state index contributed by atoms with van der Waals surface area (Å²) in [5.41, 5.74) is 2.01. The zero-order valence-corrected chi connectivity index (χ0v) is 17.6. The summed E-state index contributed by atoms with van der Waals surface area (Å²) in [7, 11) is -3.94. The Morgan fingerprint density at radius 1 is 1.07 bits per heavy atom. The van der Waals surface area contributed by atoms with Crippen LogP contribution in [0.1, 0.15) is 25.3 Å². The van der Waals surface area contributed by atoms with Gasteiger partial charge in [-0.1, -0.05) is 18.2 Å². The topological polar surface area (TPSA) is 95.6 Å². The van der Waals surface area contributed by atoms with Crippen LogP contribution in [-0.2, 0) is 19.6 Å². The number of benzene rings is 2. The van der Waals surface area contributed by atoms with E-state index in [-0.39, 0.29) is 35.7 Å². The second kappa shape index (κ2) is 8.93. The lowest BCUT2D eigenvalue weighted by Gasteiger charge is -2.30. The van der Waals surface area contributed by atoms with Crippen molar-refractivity contribution in [2.75, 3.05) is 23.7 Å². The van der Waals surface area contributed by atoms with Crippen LogP contribution in [0.3, 0.4) is 0 Å². The number of carbonyl (C=O) groups excluding carboxylic acids is 2. The van der Waals surface area contributed by atoms with Gasteiger partial charge in [-0.3, -0.25) is 9.59 Å². The molecule has 0 atom stereocenters. The normalized spacial score (nSPS) is 15.6. The average Bonchev–Trinajstić information content (AvgIpc) is 2.70. The number of halogens is 1. The fourth-order valence-electron chi connectivity index (χ4n) is 3.42. The number of piperidine rings is 1. The van der Waals surface area contributed by atoms with Crippen molar-refractivity contribution in [1.82, 2.24) is 4.31 Å². The second-order valence-electron chi connectivity index (χ2n) is 7.31. The summed E-state index contributed by atoms with van der Waals surface area (Å²) >= 11 is 0. The maximum absolute atomic E-state index is 13.9. The van der Waals surface area contributed by atoms with Crippen LogP contribution in [0.5, 0.6) is 0 Å². The van der Waals surface area contributed by atoms with Crippen LogP contribution in [0.25, 0.3) is 0 Å². The van der Waals surface area contributed by atoms with E-state index in [1.54, 1.807) is 18.2 Å². The Morgan fingerprint density at radius 2 is 1.73 bits per heavy atom. The van der Waals surface area contributed by atoms with E-state index in [1.807, 2.05) is 6.92 Å². The molecule has 0 unspecified atom stereocenters. The largest absolute Gasteiger partial charge is 0.326 e. The van der Waals surface area contributed by atoms with Crippen molar-refractivity contribution in [2.24, 2.45) is 5.92 Å². The van der Waals surface area contributed by atoms with Crippen molar-refractivity contribution >= 4 is 33.2 Å². The van der Waals surface area contributed by atoms with Gasteiger partial charge in [0.05, 0.1) is 0 Å². The van der Waals surface area contributed by atoms with Gasteiger partial charge in [-0.2, -0.15) is 4.31 Å². The van der Waals surface area contributed by atoms with Gasteiger partial charge < -0.3 is 10.6 Å². The molecule has 2 aromatic rings. The van der Waals surface area contributed by atoms with Crippen molar-refractivity contribution in [2.45, 2.75) is 31.6 Å². The van der Waals surface area contributed by atoms with Gasteiger partial charge >= 0.3 is 0 Å². The van der Waals surface area contributed by atoms with Crippen LogP contribution in [0.4, 0.5) is 15.8 Å². The highest BCUT2D eigenvalue weighted by molar-refractivity contribution is 7.89. The molecule has 1 aliphatic heterocycles. The number of aryl methyl sites for hydroxylation is 1. The first-order chi connectivity index (χ1) is 14.2. The second-order valence-corrected chi connectivity index (χ2v) is 9.22. The summed E-state index contributed by atoms with van der Waals surface area (Å²) in [5.74, 6) is -1.56. The van der Waals surface area contributed by atoms with Gasteiger partial charge in [0.1, 0.15) is 10.7 Å². The molecule has 2 N–H and O–H groups in total. The Hall–Kier alpha value is -2.78. The first-order valence-corrected chi connectivity index (χ1v) is 11.1. The van der Waals surface area contributed by atoms with Crippen molar-refractivity contribution in [3.8, 4) is 0 Å². The van der Waals surface area contributed by atoms with Gasteiger partial charge in [-0.05, 0) is 49.6 Å². The predicted molar refractivity (Wildman–Crippen MR) is 112 cm³/mol. The zero-order valence-electron chi connectivity index (χ0n) is 16.8. The number of sulfonamides is 1. The Labute approximate surface area is 175 Å². The third-order valence-electron chi connectivity index (χ3n) is 5.10. The molecule has 3 rings (SSSR count). The number of anilines is 2. The van der Waals surface area contributed by atoms with Gasteiger partial charge in [0, 0.05) is 37.3 Å². The smallest absolute Gasteiger partial charge is 0.245 e. The van der Waals surface area contributed by atoms with Crippen LogP contribution in [0.2, 0.25) is 0 Å². The highest BCUT2D eigenvalue weighted by Gasteiger charge is 2.33. The maximum Gasteiger partial charge on any atom is 0.245 e. The average molecular weight is 434 g/mol. The van der Waals surface area contributed by atoms with Gasteiger partial charge in [0.15, 0.2) is 0 Å². The van der Waals surface area contributed by atoms with E-state index in [9.17, 15) is 22.4 Å². The summed E-state index contributed by atoms with van der Waals surface area (Å²) in [5, 5.41) is 5.54. The van der Waals surface area contributed by atoms with E-state index in [0.717, 1.165) is 11.6 Å². The maximum atomic E-state index is 13.9. The van der Waals surface area contributed by atoms with Crippen LogP contribution in [0.15, 0.2) is 47.4 Å². The lowest BCUT2D eigenvalue weighted by molar-refractivity contribution is -0.121. The molecule has 160 valence electrons. The molecular weight excluding hydrogens is 409 g/mol. The number of amides is 2. The van der Waals surface area contributed by atoms with E-state index < -0.39 is 15.8 Å². The Bertz CT molecular complexity index is 1060. The molecule has 0 aromatic heterocycles. The van der Waals surface area contributed by atoms with E-state index in [2.05, 4.69) is 10.6 Å². The zero-order chi connectivity index (χ0) is 21.9. The van der Waals surface area contributed by atoms with Crippen LogP contribution < -0.4 is 10.6 Å². The molecule has 1 fully saturated rings. The Kier molecular flexibility index (Phi) is 6.52. The number of nitrogens with zero attached hydrogens (tertiary/aromatic N) is 1. The molecular formula is C21H24FN3O4S. The van der Waals surface area contributed by atoms with Gasteiger partial charge in [0.2, 0.25) is 21.8 Å². The standard InChI is InChI=1S/C21H24FN3O4S/c1-14-7-8-17(23-15(2)26)13-19(14)24-21(27)16-9-11-25(12-10-16)30(28,29)20-6-4-3-5-18(20)22/h3-8,13,16H,9-12H2,1-2H3,(H,23,26)(H,24,27). The van der Waals surface area contributed by atoms with Crippen molar-refractivity contribution in [1.29, 1.82) is 0 Å². The Balaban J connectivity index is 1.65. The molecule has 0 bridgehead atoms. The molecule has 0 radical (unpaired) electrons. The highest BCUT2D eigenvalue weighted by atomic mass is 32.2. The fourth-order valence-corrected chi connectivity index (χ4v) is 4.96. The number of hydrogen-bond donors (Lipinski definition) is 2. The molecule has 0 aliphatic carbocycles. The summed E-state index contributed by atoms with van der Waals surface area (Å²) < 4.78 is 40.6. The quantitative estimate of drug-likeness (QED) is 0.757. The van der Waals surface area contributed by atoms with Crippen LogP contribution >= 0.6 is 0 Å². The van der Waals surface area contributed by atoms with Crippen molar-refractivity contribution in [3.63, 3.8) is 0 Å². The van der Waals surface area contributed by atoms with E-state index in [1.165, 1.54) is 29.4 Å². The van der Waals surface area contributed by atoms with E-state index in [4.69, 9.17) is 0 Å². The van der Waals surface area contributed by atoms with Crippen LogP contribution in [0, 0.1) is 18.7 Å². The SMILES string of the molecule is CC(=O)Nc1ccc(C)c(NC(=O)C2CCN(S(=O)(=O)c3ccccc3F)CC2)c1. The van der Waals surface area contributed by atoms with Crippen molar-refractivity contribution < 1.29 is 22.4 Å². The lowest BCUT2D eigenvalue weighted by atomic mass is 9.97. The first kappa shape index (κ1) is 21.9. The minimum absolute atomic E-state index is 0.139. The number of hydrogen-bond acceptors (Lipinski definition) is 4. The fraction of sp³-hybridized carbons (Fsp3) is 0.333. The van der Waals surface area contributed by atoms with Gasteiger partial charge in [0.25, 0.3) is 0 Å². The number of nitrogens with one attached hydrogen (secondary N) is 2.